The third-order valence-electron chi connectivity index (χ3n) is 4.91. The highest BCUT2D eigenvalue weighted by Gasteiger charge is 2.25. The van der Waals surface area contributed by atoms with Crippen molar-refractivity contribution in [2.24, 2.45) is 0 Å². The van der Waals surface area contributed by atoms with E-state index in [1.807, 2.05) is 6.07 Å². The summed E-state index contributed by atoms with van der Waals surface area (Å²) < 4.78 is 16.5. The van der Waals surface area contributed by atoms with Gasteiger partial charge in [-0.3, -0.25) is 0 Å². The number of rotatable bonds is 5. The number of fused-ring (bicyclic) bond motifs is 1. The molecule has 1 fully saturated rings. The second-order valence-corrected chi connectivity index (χ2v) is 6.42. The van der Waals surface area contributed by atoms with Crippen LogP contribution in [0.4, 0.5) is 5.82 Å². The van der Waals surface area contributed by atoms with Crippen LogP contribution in [0.15, 0.2) is 12.4 Å². The molecule has 0 N–H and O–H groups in total. The van der Waals surface area contributed by atoms with Crippen LogP contribution in [0.1, 0.15) is 12.8 Å². The molecule has 0 amide bonds. The molecular weight excluding hydrogens is 320 g/mol. The minimum Gasteiger partial charge on any atom is -0.493 e. The van der Waals surface area contributed by atoms with Crippen LogP contribution in [0, 0.1) is 0 Å². The van der Waals surface area contributed by atoms with Crippen molar-refractivity contribution in [2.75, 3.05) is 53.4 Å². The van der Waals surface area contributed by atoms with Gasteiger partial charge in [-0.1, -0.05) is 0 Å². The van der Waals surface area contributed by atoms with Crippen molar-refractivity contribution in [1.29, 1.82) is 0 Å². The summed E-state index contributed by atoms with van der Waals surface area (Å²) >= 11 is 0. The van der Waals surface area contributed by atoms with Crippen molar-refractivity contribution < 1.29 is 14.2 Å². The summed E-state index contributed by atoms with van der Waals surface area (Å²) in [4.78, 5) is 13.6. The van der Waals surface area contributed by atoms with Gasteiger partial charge in [-0.15, -0.1) is 0 Å². The Balaban J connectivity index is 2.05. The van der Waals surface area contributed by atoms with Crippen LogP contribution < -0.4 is 19.1 Å². The van der Waals surface area contributed by atoms with Gasteiger partial charge in [-0.25, -0.2) is 9.97 Å². The monoisotopic (exact) mass is 346 g/mol. The fourth-order valence-electron chi connectivity index (χ4n) is 3.50. The number of anilines is 1. The van der Waals surface area contributed by atoms with Gasteiger partial charge in [0.25, 0.3) is 0 Å². The van der Waals surface area contributed by atoms with Crippen molar-refractivity contribution in [1.82, 2.24) is 14.9 Å². The zero-order chi connectivity index (χ0) is 18.0. The third kappa shape index (κ3) is 3.16. The van der Waals surface area contributed by atoms with Gasteiger partial charge in [0.2, 0.25) is 5.75 Å². The lowest BCUT2D eigenvalue weighted by Gasteiger charge is -2.36. The predicted molar refractivity (Wildman–Crippen MR) is 98.1 cm³/mol. The van der Waals surface area contributed by atoms with E-state index in [4.69, 9.17) is 14.2 Å². The SMILES string of the molecule is COc1cc2c(N3CCC(N(C)C)CC3)ncnc2c(OC)c1OC. The van der Waals surface area contributed by atoms with E-state index < -0.39 is 0 Å². The average Bonchev–Trinajstić information content (AvgIpc) is 2.65. The molecule has 0 aliphatic carbocycles. The van der Waals surface area contributed by atoms with Gasteiger partial charge in [0.05, 0.1) is 26.7 Å². The average molecular weight is 346 g/mol. The van der Waals surface area contributed by atoms with E-state index in [0.29, 0.717) is 23.3 Å². The maximum Gasteiger partial charge on any atom is 0.205 e. The molecule has 7 nitrogen and oxygen atoms in total. The molecule has 1 saturated heterocycles. The highest BCUT2D eigenvalue weighted by molar-refractivity contribution is 5.97. The molecular formula is C18H26N4O3. The first-order chi connectivity index (χ1) is 12.1. The van der Waals surface area contributed by atoms with Gasteiger partial charge < -0.3 is 24.0 Å². The van der Waals surface area contributed by atoms with Crippen LogP contribution in [-0.2, 0) is 0 Å². The first-order valence-corrected chi connectivity index (χ1v) is 8.45. The zero-order valence-corrected chi connectivity index (χ0v) is 15.6. The Morgan fingerprint density at radius 1 is 1.00 bits per heavy atom. The van der Waals surface area contributed by atoms with E-state index in [9.17, 15) is 0 Å². The first kappa shape index (κ1) is 17.5. The van der Waals surface area contributed by atoms with Crippen LogP contribution in [0.2, 0.25) is 0 Å². The lowest BCUT2D eigenvalue weighted by Crippen LogP contribution is -2.42. The van der Waals surface area contributed by atoms with E-state index in [0.717, 1.165) is 42.7 Å². The molecule has 2 aromatic rings. The van der Waals surface area contributed by atoms with E-state index in [-0.39, 0.29) is 0 Å². The quantitative estimate of drug-likeness (QED) is 0.822. The van der Waals surface area contributed by atoms with Gasteiger partial charge in [0.15, 0.2) is 11.5 Å². The molecule has 2 heterocycles. The molecule has 136 valence electrons. The standard InChI is InChI=1S/C18H26N4O3/c1-21(2)12-6-8-22(9-7-12)18-13-10-14(23-3)16(24-4)17(25-5)15(13)19-11-20-18/h10-12H,6-9H2,1-5H3. The van der Waals surface area contributed by atoms with Crippen molar-refractivity contribution >= 4 is 16.7 Å². The minimum atomic E-state index is 0.550. The lowest BCUT2D eigenvalue weighted by molar-refractivity contribution is 0.249. The minimum absolute atomic E-state index is 0.550. The second kappa shape index (κ2) is 7.31. The van der Waals surface area contributed by atoms with Gasteiger partial charge >= 0.3 is 0 Å². The summed E-state index contributed by atoms with van der Waals surface area (Å²) in [6.07, 6.45) is 3.82. The lowest BCUT2D eigenvalue weighted by atomic mass is 10.0. The molecule has 1 aliphatic heterocycles. The van der Waals surface area contributed by atoms with Gasteiger partial charge in [-0.05, 0) is 33.0 Å². The molecule has 0 saturated carbocycles. The van der Waals surface area contributed by atoms with Gasteiger partial charge in [0, 0.05) is 19.1 Å². The number of nitrogens with zero attached hydrogens (tertiary/aromatic N) is 4. The summed E-state index contributed by atoms with van der Waals surface area (Å²) in [5.41, 5.74) is 0.736. The number of benzene rings is 1. The van der Waals surface area contributed by atoms with E-state index in [1.165, 1.54) is 0 Å². The van der Waals surface area contributed by atoms with Crippen molar-refractivity contribution in [2.45, 2.75) is 18.9 Å². The highest BCUT2D eigenvalue weighted by atomic mass is 16.5. The second-order valence-electron chi connectivity index (χ2n) is 6.42. The number of aromatic nitrogens is 2. The molecule has 1 aromatic carbocycles. The maximum atomic E-state index is 5.56. The van der Waals surface area contributed by atoms with Crippen LogP contribution >= 0.6 is 0 Å². The largest absolute Gasteiger partial charge is 0.493 e. The molecule has 0 bridgehead atoms. The molecule has 25 heavy (non-hydrogen) atoms. The number of piperidine rings is 1. The van der Waals surface area contributed by atoms with Crippen molar-refractivity contribution in [3.63, 3.8) is 0 Å². The van der Waals surface area contributed by atoms with Crippen LogP contribution in [0.25, 0.3) is 10.9 Å². The Hall–Kier alpha value is -2.28. The topological polar surface area (TPSA) is 60.0 Å². The first-order valence-electron chi connectivity index (χ1n) is 8.45. The summed E-state index contributed by atoms with van der Waals surface area (Å²) in [5.74, 6) is 2.66. The number of hydrogen-bond acceptors (Lipinski definition) is 7. The summed E-state index contributed by atoms with van der Waals surface area (Å²) in [6.45, 7) is 1.93. The Morgan fingerprint density at radius 3 is 2.24 bits per heavy atom. The number of hydrogen-bond donors (Lipinski definition) is 0. The normalized spacial score (nSPS) is 15.7. The van der Waals surface area contributed by atoms with Gasteiger partial charge in [0.1, 0.15) is 17.7 Å². The molecule has 7 heteroatoms. The van der Waals surface area contributed by atoms with Crippen LogP contribution in [-0.4, -0.2) is 69.4 Å². The molecule has 0 atom stereocenters. The Morgan fingerprint density at radius 2 is 1.68 bits per heavy atom. The smallest absolute Gasteiger partial charge is 0.205 e. The zero-order valence-electron chi connectivity index (χ0n) is 15.6. The Bertz CT molecular complexity index is 743. The van der Waals surface area contributed by atoms with E-state index in [2.05, 4.69) is 33.9 Å². The van der Waals surface area contributed by atoms with Crippen LogP contribution in [0.3, 0.4) is 0 Å². The molecule has 0 spiro atoms. The Labute approximate surface area is 148 Å². The summed E-state index contributed by atoms with van der Waals surface area (Å²) in [5, 5.41) is 0.917. The fourth-order valence-corrected chi connectivity index (χ4v) is 3.50. The summed E-state index contributed by atoms with van der Waals surface area (Å²) in [6, 6.07) is 2.55. The molecule has 0 unspecified atom stereocenters. The van der Waals surface area contributed by atoms with E-state index in [1.54, 1.807) is 27.7 Å². The Kier molecular flexibility index (Phi) is 5.13. The number of methoxy groups -OCH3 is 3. The van der Waals surface area contributed by atoms with Crippen molar-refractivity contribution in [3.05, 3.63) is 12.4 Å². The molecule has 0 radical (unpaired) electrons. The van der Waals surface area contributed by atoms with Gasteiger partial charge in [-0.2, -0.15) is 0 Å². The maximum absolute atomic E-state index is 5.56. The van der Waals surface area contributed by atoms with Crippen molar-refractivity contribution in [3.8, 4) is 17.2 Å². The summed E-state index contributed by atoms with van der Waals surface area (Å²) in [7, 11) is 9.11. The molecule has 3 rings (SSSR count). The van der Waals surface area contributed by atoms with E-state index >= 15 is 0 Å². The number of ether oxygens (including phenoxy) is 3. The molecule has 1 aliphatic rings. The predicted octanol–water partition coefficient (Wildman–Crippen LogP) is 2.19. The fraction of sp³-hybridized carbons (Fsp3) is 0.556. The third-order valence-corrected chi connectivity index (χ3v) is 4.91. The highest BCUT2D eigenvalue weighted by Crippen LogP contribution is 2.44. The van der Waals surface area contributed by atoms with Crippen LogP contribution in [0.5, 0.6) is 17.2 Å². The molecule has 1 aromatic heterocycles.